The summed E-state index contributed by atoms with van der Waals surface area (Å²) in [6, 6.07) is 6.00. The molecule has 34 heavy (non-hydrogen) atoms. The predicted molar refractivity (Wildman–Crippen MR) is 129 cm³/mol. The van der Waals surface area contributed by atoms with Gasteiger partial charge in [-0.3, -0.25) is 14.0 Å². The van der Waals surface area contributed by atoms with Crippen molar-refractivity contribution in [2.45, 2.75) is 26.3 Å². The lowest BCUT2D eigenvalue weighted by Crippen LogP contribution is -2.45. The Bertz CT molecular complexity index is 1420. The summed E-state index contributed by atoms with van der Waals surface area (Å²) in [4.78, 5) is 39.0. The highest BCUT2D eigenvalue weighted by Gasteiger charge is 2.54. The first-order valence-corrected chi connectivity index (χ1v) is 12.8. The molecule has 1 aliphatic carbocycles. The van der Waals surface area contributed by atoms with Gasteiger partial charge in [0.15, 0.2) is 4.96 Å². The van der Waals surface area contributed by atoms with E-state index < -0.39 is 0 Å². The zero-order chi connectivity index (χ0) is 23.6. The van der Waals surface area contributed by atoms with Crippen LogP contribution in [0.4, 0.5) is 4.39 Å². The van der Waals surface area contributed by atoms with Gasteiger partial charge in [-0.1, -0.05) is 0 Å². The van der Waals surface area contributed by atoms with Crippen LogP contribution in [0, 0.1) is 31.5 Å². The number of rotatable bonds is 5. The van der Waals surface area contributed by atoms with Gasteiger partial charge in [0.1, 0.15) is 16.4 Å². The van der Waals surface area contributed by atoms with E-state index in [4.69, 9.17) is 0 Å². The van der Waals surface area contributed by atoms with E-state index in [9.17, 15) is 14.0 Å². The van der Waals surface area contributed by atoms with Crippen molar-refractivity contribution in [1.82, 2.24) is 24.6 Å². The maximum absolute atomic E-state index is 13.7. The molecule has 3 atom stereocenters. The number of aryl methyl sites for hydroxylation is 2. The van der Waals surface area contributed by atoms with E-state index >= 15 is 0 Å². The number of nitrogens with one attached hydrogen (secondary N) is 1. The Morgan fingerprint density at radius 3 is 2.79 bits per heavy atom. The molecule has 0 bridgehead atoms. The van der Waals surface area contributed by atoms with Gasteiger partial charge in [0.25, 0.3) is 11.8 Å². The van der Waals surface area contributed by atoms with Crippen LogP contribution in [0.2, 0.25) is 0 Å². The summed E-state index contributed by atoms with van der Waals surface area (Å²) < 4.78 is 15.2. The van der Waals surface area contributed by atoms with E-state index in [1.165, 1.54) is 34.8 Å². The number of benzene rings is 1. The van der Waals surface area contributed by atoms with Crippen molar-refractivity contribution in [3.63, 3.8) is 0 Å². The monoisotopic (exact) mass is 495 g/mol. The van der Waals surface area contributed by atoms with E-state index in [1.54, 1.807) is 12.1 Å². The number of hydrogen-bond donors (Lipinski definition) is 1. The number of nitrogens with zero attached hydrogens (tertiary/aromatic N) is 4. The summed E-state index contributed by atoms with van der Waals surface area (Å²) in [6.07, 6.45) is 2.93. The van der Waals surface area contributed by atoms with Crippen LogP contribution >= 0.6 is 22.7 Å². The van der Waals surface area contributed by atoms with Gasteiger partial charge < -0.3 is 10.2 Å². The lowest BCUT2D eigenvalue weighted by molar-refractivity contribution is 0.0699. The van der Waals surface area contributed by atoms with Crippen LogP contribution in [0.3, 0.4) is 0 Å². The van der Waals surface area contributed by atoms with Crippen LogP contribution in [0.15, 0.2) is 35.8 Å². The average molecular weight is 496 g/mol. The molecule has 1 N–H and O–H groups in total. The topological polar surface area (TPSA) is 79.6 Å². The van der Waals surface area contributed by atoms with E-state index in [0.29, 0.717) is 46.9 Å². The van der Waals surface area contributed by atoms with E-state index in [2.05, 4.69) is 15.3 Å². The number of piperidine rings is 1. The Morgan fingerprint density at radius 2 is 2.00 bits per heavy atom. The maximum Gasteiger partial charge on any atom is 0.270 e. The van der Waals surface area contributed by atoms with Crippen LogP contribution in [-0.4, -0.2) is 50.2 Å². The molecule has 10 heteroatoms. The first-order chi connectivity index (χ1) is 16.4. The second-order valence-corrected chi connectivity index (χ2v) is 11.0. The van der Waals surface area contributed by atoms with Crippen molar-refractivity contribution in [3.8, 4) is 11.3 Å². The van der Waals surface area contributed by atoms with Gasteiger partial charge in [-0.25, -0.2) is 14.4 Å². The van der Waals surface area contributed by atoms with Gasteiger partial charge in [0.2, 0.25) is 0 Å². The van der Waals surface area contributed by atoms with Crippen molar-refractivity contribution in [2.75, 3.05) is 13.1 Å². The van der Waals surface area contributed by atoms with Crippen molar-refractivity contribution in [2.24, 2.45) is 11.8 Å². The fourth-order valence-electron chi connectivity index (χ4n) is 5.02. The minimum atomic E-state index is -0.327. The molecule has 3 aromatic heterocycles. The Labute approximate surface area is 203 Å². The Kier molecular flexibility index (Phi) is 5.03. The minimum Gasteiger partial charge on any atom is -0.349 e. The minimum absolute atomic E-state index is 0.0592. The second kappa shape index (κ2) is 7.99. The highest BCUT2D eigenvalue weighted by Crippen LogP contribution is 2.50. The smallest absolute Gasteiger partial charge is 0.270 e. The fraction of sp³-hybridized carbons (Fsp3) is 0.333. The molecule has 2 aliphatic rings. The summed E-state index contributed by atoms with van der Waals surface area (Å²) in [5.41, 5.74) is 2.54. The van der Waals surface area contributed by atoms with Crippen LogP contribution < -0.4 is 5.32 Å². The summed E-state index contributed by atoms with van der Waals surface area (Å²) in [6.45, 7) is 4.78. The third-order valence-corrected chi connectivity index (χ3v) is 8.45. The van der Waals surface area contributed by atoms with Crippen LogP contribution in [-0.2, 0) is 0 Å². The molecule has 4 aromatic rings. The number of imidazole rings is 1. The highest BCUT2D eigenvalue weighted by molar-refractivity contribution is 7.15. The number of carbonyl (C=O) groups excluding carboxylic acids is 2. The number of carbonyl (C=O) groups is 2. The molecule has 1 aromatic carbocycles. The summed E-state index contributed by atoms with van der Waals surface area (Å²) in [5, 5.41) is 5.75. The molecule has 1 saturated heterocycles. The summed E-state index contributed by atoms with van der Waals surface area (Å²) >= 11 is 2.85. The van der Waals surface area contributed by atoms with Gasteiger partial charge in [0.05, 0.1) is 22.4 Å². The standard InChI is InChI=1S/C24H22FN5O2S2/c1-12-20(29-7-8-33-24(29)27-12)22(31)26-10-18-17-9-15(17)11-30(18)23(32)21-19(28-13(2)34-21)14-3-5-16(25)6-4-14/h3-8,15,17-18H,9-11H2,1-2H3,(H,26,31)/t15-,17-,18+/m0/s1. The fourth-order valence-corrected chi connectivity index (χ4v) is 6.68. The number of aromatic nitrogens is 3. The molecular weight excluding hydrogens is 473 g/mol. The van der Waals surface area contributed by atoms with E-state index in [0.717, 1.165) is 22.0 Å². The molecule has 0 unspecified atom stereocenters. The van der Waals surface area contributed by atoms with E-state index in [-0.39, 0.29) is 23.7 Å². The predicted octanol–water partition coefficient (Wildman–Crippen LogP) is 4.17. The van der Waals surface area contributed by atoms with E-state index in [1.807, 2.05) is 34.7 Å². The molecule has 4 heterocycles. The third-order valence-electron chi connectivity index (χ3n) is 6.73. The molecule has 0 spiro atoms. The average Bonchev–Trinajstić information content (AvgIpc) is 3.14. The molecule has 7 nitrogen and oxygen atoms in total. The Morgan fingerprint density at radius 1 is 1.21 bits per heavy atom. The lowest BCUT2D eigenvalue weighted by Gasteiger charge is -2.27. The number of amides is 2. The maximum atomic E-state index is 13.7. The normalized spacial score (nSPS) is 21.1. The molecule has 6 rings (SSSR count). The number of fused-ring (bicyclic) bond motifs is 2. The Balaban J connectivity index is 1.23. The molecule has 2 amide bonds. The second-order valence-electron chi connectivity index (χ2n) is 8.91. The first kappa shape index (κ1) is 21.4. The molecule has 2 fully saturated rings. The third kappa shape index (κ3) is 3.52. The zero-order valence-electron chi connectivity index (χ0n) is 18.6. The van der Waals surface area contributed by atoms with Crippen molar-refractivity contribution < 1.29 is 14.0 Å². The number of thiazole rings is 2. The van der Waals surface area contributed by atoms with Gasteiger partial charge >= 0.3 is 0 Å². The SMILES string of the molecule is Cc1nc(-c2ccc(F)cc2)c(C(=O)N2C[C@@H]3C[C@@H]3[C@H]2CNC(=O)c2c(C)nc3sccn23)s1. The zero-order valence-corrected chi connectivity index (χ0v) is 20.3. The number of likely N-dealkylation sites (tertiary alicyclic amines) is 1. The molecule has 0 radical (unpaired) electrons. The van der Waals surface area contributed by atoms with Crippen LogP contribution in [0.5, 0.6) is 0 Å². The van der Waals surface area contributed by atoms with Crippen molar-refractivity contribution in [3.05, 3.63) is 62.9 Å². The summed E-state index contributed by atoms with van der Waals surface area (Å²) in [7, 11) is 0. The molecular formula is C24H22FN5O2S2. The van der Waals surface area contributed by atoms with Crippen LogP contribution in [0.25, 0.3) is 16.2 Å². The van der Waals surface area contributed by atoms with Gasteiger partial charge in [0, 0.05) is 30.2 Å². The van der Waals surface area contributed by atoms with Gasteiger partial charge in [-0.2, -0.15) is 0 Å². The molecule has 1 aliphatic heterocycles. The van der Waals surface area contributed by atoms with Gasteiger partial charge in [-0.15, -0.1) is 22.7 Å². The molecule has 1 saturated carbocycles. The number of halogens is 1. The quantitative estimate of drug-likeness (QED) is 0.451. The lowest BCUT2D eigenvalue weighted by atomic mass is 10.1. The van der Waals surface area contributed by atoms with Crippen molar-refractivity contribution >= 4 is 39.4 Å². The van der Waals surface area contributed by atoms with Crippen molar-refractivity contribution in [1.29, 1.82) is 0 Å². The first-order valence-electron chi connectivity index (χ1n) is 11.2. The van der Waals surface area contributed by atoms with Gasteiger partial charge in [-0.05, 0) is 56.4 Å². The summed E-state index contributed by atoms with van der Waals surface area (Å²) in [5.74, 6) is 0.305. The van der Waals surface area contributed by atoms with Crippen LogP contribution in [0.1, 0.15) is 37.3 Å². The largest absolute Gasteiger partial charge is 0.349 e. The Hall–Kier alpha value is -3.11. The number of hydrogen-bond acceptors (Lipinski definition) is 6. The molecule has 174 valence electrons. The highest BCUT2D eigenvalue weighted by atomic mass is 32.1.